The molecule has 3 heterocycles. The van der Waals surface area contributed by atoms with E-state index in [2.05, 4.69) is 51.8 Å². The summed E-state index contributed by atoms with van der Waals surface area (Å²) in [6.45, 7) is 4.06. The van der Waals surface area contributed by atoms with Gasteiger partial charge in [0.05, 0.1) is 35.8 Å². The van der Waals surface area contributed by atoms with Crippen LogP contribution in [-0.4, -0.2) is 23.7 Å². The Morgan fingerprint density at radius 3 is 2.50 bits per heavy atom. The van der Waals surface area contributed by atoms with E-state index in [1.165, 1.54) is 0 Å². The minimum Gasteiger partial charge on any atom is -0.336 e. The van der Waals surface area contributed by atoms with Crippen LogP contribution in [0.2, 0.25) is 0 Å². The second-order valence-electron chi connectivity index (χ2n) is 8.40. The van der Waals surface area contributed by atoms with Crippen molar-refractivity contribution in [2.24, 2.45) is 14.1 Å². The maximum absolute atomic E-state index is 12.7. The van der Waals surface area contributed by atoms with Crippen molar-refractivity contribution in [2.45, 2.75) is 19.9 Å². The Hall–Kier alpha value is -3.93. The molecule has 5 aromatic rings. The van der Waals surface area contributed by atoms with Crippen LogP contribution in [0.1, 0.15) is 28.6 Å². The number of imidazole rings is 2. The van der Waals surface area contributed by atoms with Crippen LogP contribution in [0, 0.1) is 13.8 Å². The van der Waals surface area contributed by atoms with E-state index in [1.54, 1.807) is 10.6 Å². The molecule has 0 spiro atoms. The highest BCUT2D eigenvalue weighted by Gasteiger charge is 2.21. The molecule has 160 valence electrons. The number of aryl methyl sites for hydroxylation is 4. The molecule has 0 radical (unpaired) electrons. The van der Waals surface area contributed by atoms with E-state index >= 15 is 0 Å². The van der Waals surface area contributed by atoms with Crippen molar-refractivity contribution in [3.8, 4) is 11.1 Å². The second-order valence-corrected chi connectivity index (χ2v) is 8.40. The minimum absolute atomic E-state index is 0.0184. The number of hydrogen-bond acceptors (Lipinski definition) is 3. The molecule has 2 aromatic carbocycles. The van der Waals surface area contributed by atoms with E-state index in [-0.39, 0.29) is 11.6 Å². The monoisotopic (exact) mass is 423 g/mol. The van der Waals surface area contributed by atoms with E-state index in [9.17, 15) is 4.79 Å². The van der Waals surface area contributed by atoms with Crippen molar-refractivity contribution in [3.05, 3.63) is 106 Å². The minimum atomic E-state index is -0.0873. The fraction of sp³-hybridized carbons (Fsp3) is 0.192. The van der Waals surface area contributed by atoms with Gasteiger partial charge in [-0.15, -0.1) is 0 Å². The van der Waals surface area contributed by atoms with Gasteiger partial charge in [0.15, 0.2) is 0 Å². The Morgan fingerprint density at radius 1 is 0.969 bits per heavy atom. The van der Waals surface area contributed by atoms with E-state index in [1.807, 2.05) is 62.8 Å². The van der Waals surface area contributed by atoms with Crippen molar-refractivity contribution in [2.75, 3.05) is 0 Å². The Morgan fingerprint density at radius 2 is 1.81 bits per heavy atom. The van der Waals surface area contributed by atoms with Crippen LogP contribution in [-0.2, 0) is 14.1 Å². The van der Waals surface area contributed by atoms with Gasteiger partial charge in [0.2, 0.25) is 0 Å². The average molecular weight is 424 g/mol. The van der Waals surface area contributed by atoms with Gasteiger partial charge in [-0.2, -0.15) is 0 Å². The maximum Gasteiger partial charge on any atom is 0.251 e. The SMILES string of the molecule is Cc1cccc(-c2cc(=O)n(C)c3ccc(C(c4cncn4C)n4cnc(C)c4)cc23)c1. The Labute approximate surface area is 186 Å². The lowest BCUT2D eigenvalue weighted by molar-refractivity contribution is 0.627. The molecule has 0 aliphatic rings. The summed E-state index contributed by atoms with van der Waals surface area (Å²) in [7, 11) is 3.82. The van der Waals surface area contributed by atoms with Crippen LogP contribution in [0.25, 0.3) is 22.0 Å². The predicted octanol–water partition coefficient (Wildman–Crippen LogP) is 4.39. The van der Waals surface area contributed by atoms with Crippen molar-refractivity contribution >= 4 is 10.9 Å². The summed E-state index contributed by atoms with van der Waals surface area (Å²) >= 11 is 0. The zero-order chi connectivity index (χ0) is 22.4. The van der Waals surface area contributed by atoms with Crippen LogP contribution in [0.3, 0.4) is 0 Å². The van der Waals surface area contributed by atoms with Crippen molar-refractivity contribution in [1.29, 1.82) is 0 Å². The Bertz CT molecular complexity index is 1500. The van der Waals surface area contributed by atoms with Gasteiger partial charge in [-0.25, -0.2) is 9.97 Å². The van der Waals surface area contributed by atoms with Gasteiger partial charge in [0.25, 0.3) is 5.56 Å². The molecule has 0 N–H and O–H groups in total. The molecule has 5 rings (SSSR count). The summed E-state index contributed by atoms with van der Waals surface area (Å²) in [4.78, 5) is 21.5. The van der Waals surface area contributed by atoms with Gasteiger partial charge in [0, 0.05) is 31.7 Å². The molecule has 6 nitrogen and oxygen atoms in total. The van der Waals surface area contributed by atoms with Crippen LogP contribution >= 0.6 is 0 Å². The van der Waals surface area contributed by atoms with Gasteiger partial charge >= 0.3 is 0 Å². The quantitative estimate of drug-likeness (QED) is 0.431. The molecule has 6 heteroatoms. The highest BCUT2D eigenvalue weighted by atomic mass is 16.1. The summed E-state index contributed by atoms with van der Waals surface area (Å²) in [5, 5.41) is 1.04. The Balaban J connectivity index is 1.79. The third-order valence-corrected chi connectivity index (χ3v) is 6.08. The van der Waals surface area contributed by atoms with Gasteiger partial charge in [-0.3, -0.25) is 4.79 Å². The first-order valence-electron chi connectivity index (χ1n) is 10.6. The molecule has 1 unspecified atom stereocenters. The van der Waals surface area contributed by atoms with Gasteiger partial charge in [-0.1, -0.05) is 35.9 Å². The first-order chi connectivity index (χ1) is 15.4. The second kappa shape index (κ2) is 7.64. The molecule has 0 aliphatic carbocycles. The molecule has 3 aromatic heterocycles. The number of pyridine rings is 1. The van der Waals surface area contributed by atoms with E-state index in [4.69, 9.17) is 0 Å². The van der Waals surface area contributed by atoms with Crippen molar-refractivity contribution < 1.29 is 0 Å². The third kappa shape index (κ3) is 3.34. The molecule has 0 aliphatic heterocycles. The number of benzene rings is 2. The number of rotatable bonds is 4. The third-order valence-electron chi connectivity index (χ3n) is 6.08. The van der Waals surface area contributed by atoms with Crippen molar-refractivity contribution in [3.63, 3.8) is 0 Å². The van der Waals surface area contributed by atoms with E-state index in [0.717, 1.165) is 44.5 Å². The largest absolute Gasteiger partial charge is 0.336 e. The Kier molecular flexibility index (Phi) is 4.78. The lowest BCUT2D eigenvalue weighted by Gasteiger charge is -2.21. The summed E-state index contributed by atoms with van der Waals surface area (Å²) in [6, 6.07) is 16.3. The first kappa shape index (κ1) is 20.0. The molecule has 1 atom stereocenters. The highest BCUT2D eigenvalue weighted by Crippen LogP contribution is 2.33. The summed E-state index contributed by atoms with van der Waals surface area (Å²) in [5.41, 5.74) is 7.16. The average Bonchev–Trinajstić information content (AvgIpc) is 3.39. The zero-order valence-corrected chi connectivity index (χ0v) is 18.6. The molecule has 0 saturated heterocycles. The van der Waals surface area contributed by atoms with Gasteiger partial charge < -0.3 is 13.7 Å². The fourth-order valence-corrected chi connectivity index (χ4v) is 4.41. The number of fused-ring (bicyclic) bond motifs is 1. The maximum atomic E-state index is 12.7. The molecular formula is C26H25N5O. The first-order valence-corrected chi connectivity index (χ1v) is 10.6. The molecule has 0 amide bonds. The zero-order valence-electron chi connectivity index (χ0n) is 18.6. The standard InChI is InChI=1S/C26H25N5O/c1-17-6-5-7-19(10-17)21-12-25(32)30(4)23-9-8-20(11-22(21)23)26(24-13-27-15-29(24)3)31-14-18(2)28-16-31/h5-16,26H,1-4H3. The normalized spacial score (nSPS) is 12.4. The fourth-order valence-electron chi connectivity index (χ4n) is 4.41. The molecule has 0 bridgehead atoms. The highest BCUT2D eigenvalue weighted by molar-refractivity contribution is 5.95. The lowest BCUT2D eigenvalue weighted by atomic mass is 9.95. The molecule has 0 fully saturated rings. The van der Waals surface area contributed by atoms with Crippen LogP contribution in [0.15, 0.2) is 78.4 Å². The smallest absolute Gasteiger partial charge is 0.251 e. The van der Waals surface area contributed by atoms with E-state index in [0.29, 0.717) is 0 Å². The molecule has 0 saturated carbocycles. The molecular weight excluding hydrogens is 398 g/mol. The van der Waals surface area contributed by atoms with Gasteiger partial charge in [0.1, 0.15) is 6.04 Å². The van der Waals surface area contributed by atoms with Crippen molar-refractivity contribution in [1.82, 2.24) is 23.7 Å². The molecule has 32 heavy (non-hydrogen) atoms. The summed E-state index contributed by atoms with van der Waals surface area (Å²) in [6.07, 6.45) is 7.62. The number of hydrogen-bond donors (Lipinski definition) is 0. The van der Waals surface area contributed by atoms with Crippen LogP contribution in [0.5, 0.6) is 0 Å². The van der Waals surface area contributed by atoms with E-state index < -0.39 is 0 Å². The summed E-state index contributed by atoms with van der Waals surface area (Å²) < 4.78 is 5.85. The van der Waals surface area contributed by atoms with Gasteiger partial charge in [-0.05, 0) is 42.7 Å². The predicted molar refractivity (Wildman–Crippen MR) is 127 cm³/mol. The number of nitrogens with zero attached hydrogens (tertiary/aromatic N) is 5. The topological polar surface area (TPSA) is 57.6 Å². The lowest BCUT2D eigenvalue weighted by Crippen LogP contribution is -2.17. The summed E-state index contributed by atoms with van der Waals surface area (Å²) in [5.74, 6) is 0. The van der Waals surface area contributed by atoms with Crippen LogP contribution < -0.4 is 5.56 Å². The van der Waals surface area contributed by atoms with Crippen LogP contribution in [0.4, 0.5) is 0 Å². The number of aromatic nitrogens is 5.